The number of carbonyl (C=O) groups is 1. The topological polar surface area (TPSA) is 25.2 Å². The van der Waals surface area contributed by atoms with Crippen LogP contribution in [0.4, 0.5) is 10.1 Å². The molecule has 1 aromatic heterocycles. The summed E-state index contributed by atoms with van der Waals surface area (Å²) < 4.78 is 16.0. The normalized spacial score (nSPS) is 15.5. The van der Waals surface area contributed by atoms with Crippen LogP contribution in [0, 0.1) is 19.7 Å². The van der Waals surface area contributed by atoms with Crippen LogP contribution in [-0.4, -0.2) is 14.8 Å². The number of amides is 1. The number of thioether (sulfide) groups is 1. The molecule has 4 rings (SSSR count). The molecule has 0 unspecified atom stereocenters. The Hall–Kier alpha value is -2.12. The second-order valence-corrected chi connectivity index (χ2v) is 9.27. The molecule has 1 fully saturated rings. The summed E-state index contributed by atoms with van der Waals surface area (Å²) >= 11 is 18.5. The molecule has 1 saturated heterocycles. The first kappa shape index (κ1) is 21.1. The summed E-state index contributed by atoms with van der Waals surface area (Å²) in [5.74, 6) is -0.806. The Morgan fingerprint density at radius 1 is 1.03 bits per heavy atom. The molecule has 1 amide bonds. The van der Waals surface area contributed by atoms with Gasteiger partial charge in [-0.15, -0.1) is 0 Å². The molecule has 152 valence electrons. The van der Waals surface area contributed by atoms with Gasteiger partial charge in [-0.2, -0.15) is 0 Å². The number of thiocarbonyl (C=S) groups is 1. The van der Waals surface area contributed by atoms with Crippen molar-refractivity contribution in [1.82, 2.24) is 4.57 Å². The van der Waals surface area contributed by atoms with Crippen molar-refractivity contribution >= 4 is 69.2 Å². The zero-order valence-corrected chi connectivity index (χ0v) is 19.1. The lowest BCUT2D eigenvalue weighted by Crippen LogP contribution is -2.27. The molecule has 0 N–H and O–H groups in total. The van der Waals surface area contributed by atoms with Gasteiger partial charge >= 0.3 is 0 Å². The maximum Gasteiger partial charge on any atom is 0.270 e. The van der Waals surface area contributed by atoms with Crippen molar-refractivity contribution in [1.29, 1.82) is 0 Å². The standard InChI is InChI=1S/C22H15Cl2FN2OS2/c1-12-9-14(13(2)26(12)16-5-3-15(23)4-6-16)10-20-21(28)27(22(29)30-20)17-7-8-19(25)18(24)11-17/h3-11H,1-2H3. The summed E-state index contributed by atoms with van der Waals surface area (Å²) in [5.41, 5.74) is 4.37. The van der Waals surface area contributed by atoms with Gasteiger partial charge in [-0.1, -0.05) is 47.2 Å². The van der Waals surface area contributed by atoms with E-state index in [9.17, 15) is 9.18 Å². The van der Waals surface area contributed by atoms with Gasteiger partial charge in [0, 0.05) is 22.1 Å². The predicted octanol–water partition coefficient (Wildman–Crippen LogP) is 6.95. The van der Waals surface area contributed by atoms with Crippen molar-refractivity contribution in [3.05, 3.63) is 86.2 Å². The Morgan fingerprint density at radius 2 is 1.70 bits per heavy atom. The number of hydrogen-bond acceptors (Lipinski definition) is 3. The third kappa shape index (κ3) is 3.81. The van der Waals surface area contributed by atoms with E-state index in [2.05, 4.69) is 4.57 Å². The van der Waals surface area contributed by atoms with Crippen LogP contribution in [0.15, 0.2) is 53.4 Å². The Labute approximate surface area is 193 Å². The minimum absolute atomic E-state index is 0.0583. The van der Waals surface area contributed by atoms with E-state index in [1.165, 1.54) is 34.9 Å². The van der Waals surface area contributed by atoms with Gasteiger partial charge in [0.05, 0.1) is 15.6 Å². The number of anilines is 1. The average molecular weight is 477 g/mol. The number of nitrogens with zero attached hydrogens (tertiary/aromatic N) is 2. The zero-order valence-electron chi connectivity index (χ0n) is 15.9. The molecule has 3 nitrogen and oxygen atoms in total. The fraction of sp³-hybridized carbons (Fsp3) is 0.0909. The Morgan fingerprint density at radius 3 is 2.37 bits per heavy atom. The molecule has 0 bridgehead atoms. The number of carbonyl (C=O) groups excluding carboxylic acids is 1. The minimum atomic E-state index is -0.545. The van der Waals surface area contributed by atoms with E-state index >= 15 is 0 Å². The highest BCUT2D eigenvalue weighted by Crippen LogP contribution is 2.38. The molecule has 0 aliphatic carbocycles. The lowest BCUT2D eigenvalue weighted by Gasteiger charge is -2.14. The number of rotatable bonds is 3. The molecule has 0 atom stereocenters. The highest BCUT2D eigenvalue weighted by atomic mass is 35.5. The molecular formula is C22H15Cl2FN2OS2. The second kappa shape index (κ2) is 8.19. The maximum absolute atomic E-state index is 13.5. The van der Waals surface area contributed by atoms with Crippen LogP contribution in [0.1, 0.15) is 17.0 Å². The summed E-state index contributed by atoms with van der Waals surface area (Å²) in [6.45, 7) is 4.00. The third-order valence-electron chi connectivity index (χ3n) is 4.80. The maximum atomic E-state index is 13.5. The summed E-state index contributed by atoms with van der Waals surface area (Å²) in [7, 11) is 0. The number of benzene rings is 2. The van der Waals surface area contributed by atoms with Gasteiger partial charge in [-0.05, 0) is 74.0 Å². The Balaban J connectivity index is 1.70. The van der Waals surface area contributed by atoms with Crippen LogP contribution in [0.2, 0.25) is 10.0 Å². The fourth-order valence-corrected chi connectivity index (χ4v) is 4.97. The van der Waals surface area contributed by atoms with Crippen LogP contribution in [0.3, 0.4) is 0 Å². The summed E-state index contributed by atoms with van der Waals surface area (Å²) in [4.78, 5) is 14.9. The molecule has 30 heavy (non-hydrogen) atoms. The monoisotopic (exact) mass is 476 g/mol. The van der Waals surface area contributed by atoms with E-state index in [1.807, 2.05) is 50.3 Å². The van der Waals surface area contributed by atoms with Gasteiger partial charge in [0.15, 0.2) is 4.32 Å². The van der Waals surface area contributed by atoms with Crippen LogP contribution in [0.25, 0.3) is 11.8 Å². The van der Waals surface area contributed by atoms with Crippen molar-refractivity contribution in [3.8, 4) is 5.69 Å². The van der Waals surface area contributed by atoms with Crippen molar-refractivity contribution < 1.29 is 9.18 Å². The van der Waals surface area contributed by atoms with Gasteiger partial charge in [0.1, 0.15) is 5.82 Å². The molecule has 0 saturated carbocycles. The van der Waals surface area contributed by atoms with E-state index in [-0.39, 0.29) is 10.9 Å². The van der Waals surface area contributed by atoms with Crippen molar-refractivity contribution in [2.24, 2.45) is 0 Å². The van der Waals surface area contributed by atoms with E-state index in [4.69, 9.17) is 35.4 Å². The lowest BCUT2D eigenvalue weighted by molar-refractivity contribution is -0.113. The van der Waals surface area contributed by atoms with Crippen molar-refractivity contribution in [3.63, 3.8) is 0 Å². The smallest absolute Gasteiger partial charge is 0.270 e. The van der Waals surface area contributed by atoms with Gasteiger partial charge in [-0.3, -0.25) is 9.69 Å². The van der Waals surface area contributed by atoms with E-state index in [0.29, 0.717) is 19.9 Å². The van der Waals surface area contributed by atoms with E-state index < -0.39 is 5.82 Å². The lowest BCUT2D eigenvalue weighted by atomic mass is 10.2. The molecule has 8 heteroatoms. The van der Waals surface area contributed by atoms with Gasteiger partial charge < -0.3 is 4.57 Å². The molecule has 1 aliphatic heterocycles. The first-order valence-electron chi connectivity index (χ1n) is 8.94. The second-order valence-electron chi connectivity index (χ2n) is 6.75. The van der Waals surface area contributed by atoms with E-state index in [1.54, 1.807) is 0 Å². The van der Waals surface area contributed by atoms with Crippen LogP contribution in [0.5, 0.6) is 0 Å². The minimum Gasteiger partial charge on any atom is -0.318 e. The number of hydrogen-bond donors (Lipinski definition) is 0. The van der Waals surface area contributed by atoms with E-state index in [0.717, 1.165) is 22.6 Å². The average Bonchev–Trinajstić information content (AvgIpc) is 3.13. The SMILES string of the molecule is Cc1cc(C=C2SC(=S)N(c3ccc(F)c(Cl)c3)C2=O)c(C)n1-c1ccc(Cl)cc1. The van der Waals surface area contributed by atoms with Crippen LogP contribution >= 0.6 is 47.2 Å². The first-order valence-corrected chi connectivity index (χ1v) is 10.9. The fourth-order valence-electron chi connectivity index (χ4n) is 3.38. The Bertz CT molecular complexity index is 1220. The third-order valence-corrected chi connectivity index (χ3v) is 6.64. The highest BCUT2D eigenvalue weighted by Gasteiger charge is 2.34. The molecule has 3 aromatic rings. The predicted molar refractivity (Wildman–Crippen MR) is 127 cm³/mol. The van der Waals surface area contributed by atoms with Gasteiger partial charge in [-0.25, -0.2) is 4.39 Å². The molecule has 0 radical (unpaired) electrons. The molecular weight excluding hydrogens is 462 g/mol. The number of halogens is 3. The molecule has 2 heterocycles. The number of aromatic nitrogens is 1. The molecule has 0 spiro atoms. The molecule has 1 aliphatic rings. The number of aryl methyl sites for hydroxylation is 1. The van der Waals surface area contributed by atoms with Gasteiger partial charge in [0.2, 0.25) is 0 Å². The van der Waals surface area contributed by atoms with Crippen molar-refractivity contribution in [2.75, 3.05) is 4.90 Å². The first-order chi connectivity index (χ1) is 14.3. The zero-order chi connectivity index (χ0) is 21.6. The van der Waals surface area contributed by atoms with Gasteiger partial charge in [0.25, 0.3) is 5.91 Å². The largest absolute Gasteiger partial charge is 0.318 e. The molecule has 2 aromatic carbocycles. The highest BCUT2D eigenvalue weighted by molar-refractivity contribution is 8.27. The van der Waals surface area contributed by atoms with Crippen LogP contribution in [-0.2, 0) is 4.79 Å². The van der Waals surface area contributed by atoms with Crippen molar-refractivity contribution in [2.45, 2.75) is 13.8 Å². The summed E-state index contributed by atoms with van der Waals surface area (Å²) in [6, 6.07) is 13.7. The summed E-state index contributed by atoms with van der Waals surface area (Å²) in [5, 5.41) is 0.614. The Kier molecular flexibility index (Phi) is 5.77. The quantitative estimate of drug-likeness (QED) is 0.302. The summed E-state index contributed by atoms with van der Waals surface area (Å²) in [6.07, 6.45) is 1.83. The van der Waals surface area contributed by atoms with Crippen LogP contribution < -0.4 is 4.90 Å².